The van der Waals surface area contributed by atoms with Gasteiger partial charge in [0.25, 0.3) is 0 Å². The molecule has 4 nitrogen and oxygen atoms in total. The van der Waals surface area contributed by atoms with Crippen molar-refractivity contribution >= 4 is 51.0 Å². The number of carboxylic acid groups (broad SMARTS) is 1. The lowest BCUT2D eigenvalue weighted by Crippen LogP contribution is -2.07. The predicted molar refractivity (Wildman–Crippen MR) is 131 cm³/mol. The van der Waals surface area contributed by atoms with Crippen LogP contribution >= 0.6 is 34.9 Å². The molecule has 0 amide bonds. The minimum atomic E-state index is -0.849. The Morgan fingerprint density at radius 2 is 2.10 bits per heavy atom. The smallest absolute Gasteiger partial charge is 0.310 e. The average molecular weight is 478 g/mol. The summed E-state index contributed by atoms with van der Waals surface area (Å²) < 4.78 is 12.0. The van der Waals surface area contributed by atoms with E-state index in [2.05, 4.69) is 30.4 Å². The van der Waals surface area contributed by atoms with Crippen LogP contribution in [-0.2, 0) is 17.6 Å². The second-order valence-electron chi connectivity index (χ2n) is 7.45. The zero-order valence-corrected chi connectivity index (χ0v) is 20.5. The zero-order chi connectivity index (χ0) is 22.4. The standard InChI is InChI=1S/C24H28ClNO3S2/c1-4-7-18-21(10-9-17-20(5-2)26-31-23(17)18)29-12-6-13-30-22-11-8-16(14-19(22)25)15(3)24(27)28/h8-11,14-15H,4-7,12-13H2,1-3H3,(H,27,28). The van der Waals surface area contributed by atoms with E-state index < -0.39 is 11.9 Å². The third-order valence-corrected chi connectivity index (χ3v) is 7.79. The van der Waals surface area contributed by atoms with Crippen LogP contribution < -0.4 is 4.74 Å². The Labute approximate surface area is 197 Å². The lowest BCUT2D eigenvalue weighted by atomic mass is 10.0. The molecule has 0 aliphatic carbocycles. The van der Waals surface area contributed by atoms with E-state index in [1.807, 2.05) is 12.1 Å². The van der Waals surface area contributed by atoms with Gasteiger partial charge in [0, 0.05) is 21.6 Å². The van der Waals surface area contributed by atoms with Crippen molar-refractivity contribution in [3.8, 4) is 5.75 Å². The first-order valence-electron chi connectivity index (χ1n) is 10.6. The second-order valence-corrected chi connectivity index (χ2v) is 9.77. The summed E-state index contributed by atoms with van der Waals surface area (Å²) in [6, 6.07) is 9.74. The third-order valence-electron chi connectivity index (χ3n) is 5.24. The minimum Gasteiger partial charge on any atom is -0.493 e. The van der Waals surface area contributed by atoms with E-state index in [9.17, 15) is 4.79 Å². The van der Waals surface area contributed by atoms with Gasteiger partial charge >= 0.3 is 5.97 Å². The maximum atomic E-state index is 11.1. The summed E-state index contributed by atoms with van der Waals surface area (Å²) in [5, 5.41) is 11.0. The van der Waals surface area contributed by atoms with Crippen LogP contribution in [0.2, 0.25) is 5.02 Å². The van der Waals surface area contributed by atoms with Crippen LogP contribution in [0.15, 0.2) is 35.2 Å². The molecule has 31 heavy (non-hydrogen) atoms. The highest BCUT2D eigenvalue weighted by molar-refractivity contribution is 7.99. The molecular weight excluding hydrogens is 450 g/mol. The summed E-state index contributed by atoms with van der Waals surface area (Å²) in [6.07, 6.45) is 3.89. The summed E-state index contributed by atoms with van der Waals surface area (Å²) in [5.41, 5.74) is 3.16. The van der Waals surface area contributed by atoms with Crippen LogP contribution in [0.5, 0.6) is 5.75 Å². The molecule has 166 valence electrons. The molecule has 2 aromatic carbocycles. The highest BCUT2D eigenvalue weighted by atomic mass is 35.5. The second kappa shape index (κ2) is 11.2. The summed E-state index contributed by atoms with van der Waals surface area (Å²) in [4.78, 5) is 12.1. The van der Waals surface area contributed by atoms with Gasteiger partial charge in [0.05, 0.1) is 27.9 Å². The number of aliphatic carboxylic acids is 1. The van der Waals surface area contributed by atoms with Crippen LogP contribution in [0.4, 0.5) is 0 Å². The molecule has 3 aromatic rings. The molecule has 0 saturated heterocycles. The van der Waals surface area contributed by atoms with Gasteiger partial charge in [-0.15, -0.1) is 11.8 Å². The van der Waals surface area contributed by atoms with Crippen molar-refractivity contribution in [2.24, 2.45) is 0 Å². The molecule has 1 N–H and O–H groups in total. The normalized spacial score (nSPS) is 12.3. The number of ether oxygens (including phenoxy) is 1. The van der Waals surface area contributed by atoms with Crippen molar-refractivity contribution < 1.29 is 14.6 Å². The van der Waals surface area contributed by atoms with Gasteiger partial charge in [-0.05, 0) is 67.5 Å². The molecule has 1 atom stereocenters. The number of carbonyl (C=O) groups is 1. The molecule has 0 aliphatic heterocycles. The van der Waals surface area contributed by atoms with Crippen molar-refractivity contribution in [2.75, 3.05) is 12.4 Å². The Balaban J connectivity index is 1.57. The van der Waals surface area contributed by atoms with Gasteiger partial charge in [0.2, 0.25) is 0 Å². The molecule has 0 fully saturated rings. The Kier molecular flexibility index (Phi) is 8.64. The summed E-state index contributed by atoms with van der Waals surface area (Å²) in [5.74, 6) is 0.431. The molecule has 1 unspecified atom stereocenters. The van der Waals surface area contributed by atoms with E-state index >= 15 is 0 Å². The minimum absolute atomic E-state index is 0.563. The van der Waals surface area contributed by atoms with Crippen molar-refractivity contribution in [1.82, 2.24) is 4.37 Å². The van der Waals surface area contributed by atoms with Crippen LogP contribution in [0, 0.1) is 0 Å². The van der Waals surface area contributed by atoms with E-state index in [0.29, 0.717) is 11.6 Å². The van der Waals surface area contributed by atoms with Crippen LogP contribution in [0.3, 0.4) is 0 Å². The van der Waals surface area contributed by atoms with Crippen LogP contribution in [0.25, 0.3) is 10.1 Å². The topological polar surface area (TPSA) is 59.4 Å². The van der Waals surface area contributed by atoms with Gasteiger partial charge < -0.3 is 9.84 Å². The first-order valence-corrected chi connectivity index (χ1v) is 12.8. The molecule has 0 radical (unpaired) electrons. The van der Waals surface area contributed by atoms with Crippen LogP contribution in [0.1, 0.15) is 56.4 Å². The highest BCUT2D eigenvalue weighted by Crippen LogP contribution is 2.35. The number of hydrogen-bond acceptors (Lipinski definition) is 5. The van der Waals surface area contributed by atoms with Gasteiger partial charge in [-0.1, -0.05) is 37.9 Å². The molecule has 0 spiro atoms. The number of fused-ring (bicyclic) bond motifs is 1. The Hall–Kier alpha value is -1.76. The SMILES string of the molecule is CCCc1c(OCCCSc2ccc(C(C)C(=O)O)cc2Cl)ccc2c(CC)nsc12. The first-order chi connectivity index (χ1) is 15.0. The predicted octanol–water partition coefficient (Wildman–Crippen LogP) is 7.21. The number of rotatable bonds is 11. The lowest BCUT2D eigenvalue weighted by molar-refractivity contribution is -0.138. The summed E-state index contributed by atoms with van der Waals surface area (Å²) in [6.45, 7) is 6.63. The van der Waals surface area contributed by atoms with E-state index in [-0.39, 0.29) is 0 Å². The van der Waals surface area contributed by atoms with Gasteiger partial charge in [0.1, 0.15) is 5.75 Å². The van der Waals surface area contributed by atoms with Crippen LogP contribution in [-0.4, -0.2) is 27.8 Å². The van der Waals surface area contributed by atoms with Gasteiger partial charge in [0.15, 0.2) is 0 Å². The van der Waals surface area contributed by atoms with E-state index in [0.717, 1.165) is 47.6 Å². The Bertz CT molecular complexity index is 1050. The first kappa shape index (κ1) is 23.9. The molecule has 3 rings (SSSR count). The Morgan fingerprint density at radius 3 is 2.77 bits per heavy atom. The molecule has 1 heterocycles. The van der Waals surface area contributed by atoms with Gasteiger partial charge in [-0.25, -0.2) is 0 Å². The molecule has 0 aliphatic rings. The van der Waals surface area contributed by atoms with Crippen molar-refractivity contribution in [1.29, 1.82) is 0 Å². The zero-order valence-electron chi connectivity index (χ0n) is 18.1. The third kappa shape index (κ3) is 5.73. The average Bonchev–Trinajstić information content (AvgIpc) is 3.18. The molecule has 0 bridgehead atoms. The van der Waals surface area contributed by atoms with E-state index in [1.54, 1.807) is 36.3 Å². The number of nitrogens with zero attached hydrogens (tertiary/aromatic N) is 1. The fourth-order valence-electron chi connectivity index (χ4n) is 3.44. The maximum absolute atomic E-state index is 11.1. The molecule has 0 saturated carbocycles. The Morgan fingerprint density at radius 1 is 1.29 bits per heavy atom. The fraction of sp³-hybridized carbons (Fsp3) is 0.417. The van der Waals surface area contributed by atoms with E-state index in [1.165, 1.54) is 21.3 Å². The summed E-state index contributed by atoms with van der Waals surface area (Å²) in [7, 11) is 0. The monoisotopic (exact) mass is 477 g/mol. The molecule has 1 aromatic heterocycles. The summed E-state index contributed by atoms with van der Waals surface area (Å²) >= 11 is 9.61. The quantitative estimate of drug-likeness (QED) is 0.233. The number of hydrogen-bond donors (Lipinski definition) is 1. The van der Waals surface area contributed by atoms with Gasteiger partial charge in [-0.2, -0.15) is 4.37 Å². The largest absolute Gasteiger partial charge is 0.493 e. The maximum Gasteiger partial charge on any atom is 0.310 e. The van der Waals surface area contributed by atoms with E-state index in [4.69, 9.17) is 21.4 Å². The number of carboxylic acids is 1. The molecular formula is C24H28ClNO3S2. The highest BCUT2D eigenvalue weighted by Gasteiger charge is 2.16. The molecule has 7 heteroatoms. The number of benzene rings is 2. The number of aryl methyl sites for hydroxylation is 2. The van der Waals surface area contributed by atoms with Crippen molar-refractivity contribution in [2.45, 2.75) is 57.3 Å². The number of thioether (sulfide) groups is 1. The number of halogens is 1. The lowest BCUT2D eigenvalue weighted by Gasteiger charge is -2.13. The van der Waals surface area contributed by atoms with Crippen molar-refractivity contribution in [3.05, 3.63) is 52.2 Å². The van der Waals surface area contributed by atoms with Crippen molar-refractivity contribution in [3.63, 3.8) is 0 Å². The van der Waals surface area contributed by atoms with Gasteiger partial charge in [-0.3, -0.25) is 4.79 Å². The fourth-order valence-corrected chi connectivity index (χ4v) is 5.66. The number of aromatic nitrogens is 1.